The van der Waals surface area contributed by atoms with Crippen LogP contribution in [0.25, 0.3) is 0 Å². The Morgan fingerprint density at radius 2 is 2.09 bits per heavy atom. The molecule has 2 nitrogen and oxygen atoms in total. The average Bonchev–Trinajstić information content (AvgIpc) is 2.39. The second-order valence-corrected chi connectivity index (χ2v) is 3.57. The van der Waals surface area contributed by atoms with Gasteiger partial charge in [-0.05, 0) is 32.7 Å². The molecule has 66 valence electrons. The number of nitrogens with one attached hydrogen (secondary N) is 1. The van der Waals surface area contributed by atoms with Crippen LogP contribution in [0.4, 0.5) is 0 Å². The summed E-state index contributed by atoms with van der Waals surface area (Å²) < 4.78 is 0. The van der Waals surface area contributed by atoms with E-state index in [2.05, 4.69) is 5.32 Å². The van der Waals surface area contributed by atoms with Gasteiger partial charge in [-0.3, -0.25) is 0 Å². The molecular formula is C9H19NO. The van der Waals surface area contributed by atoms with Gasteiger partial charge in [0.15, 0.2) is 0 Å². The summed E-state index contributed by atoms with van der Waals surface area (Å²) in [5.74, 6) is 0. The van der Waals surface area contributed by atoms with Gasteiger partial charge in [0, 0.05) is 6.04 Å². The van der Waals surface area contributed by atoms with E-state index >= 15 is 0 Å². The second-order valence-electron chi connectivity index (χ2n) is 3.57. The molecule has 0 aromatic rings. The van der Waals surface area contributed by atoms with Gasteiger partial charge in [-0.15, -0.1) is 0 Å². The van der Waals surface area contributed by atoms with Crippen molar-refractivity contribution in [1.82, 2.24) is 5.32 Å². The molecule has 1 rings (SSSR count). The molecule has 0 unspecified atom stereocenters. The molecule has 1 atom stereocenters. The first-order valence-corrected chi connectivity index (χ1v) is 4.70. The summed E-state index contributed by atoms with van der Waals surface area (Å²) in [6.07, 6.45) is 6.17. The lowest BCUT2D eigenvalue weighted by Crippen LogP contribution is -2.28. The van der Waals surface area contributed by atoms with Crippen molar-refractivity contribution >= 4 is 0 Å². The van der Waals surface area contributed by atoms with Crippen molar-refractivity contribution in [2.45, 2.75) is 51.2 Å². The zero-order valence-corrected chi connectivity index (χ0v) is 7.34. The number of hydrogen-bond donors (Lipinski definition) is 2. The summed E-state index contributed by atoms with van der Waals surface area (Å²) in [5.41, 5.74) is 0. The largest absolute Gasteiger partial charge is 0.393 e. The van der Waals surface area contributed by atoms with Crippen LogP contribution in [-0.2, 0) is 0 Å². The first-order valence-electron chi connectivity index (χ1n) is 4.70. The maximum Gasteiger partial charge on any atom is 0.0524 e. The Bertz CT molecular complexity index is 97.7. The van der Waals surface area contributed by atoms with E-state index in [1.165, 1.54) is 25.7 Å². The van der Waals surface area contributed by atoms with Crippen LogP contribution in [0, 0.1) is 0 Å². The van der Waals surface area contributed by atoms with Gasteiger partial charge in [0.2, 0.25) is 0 Å². The minimum Gasteiger partial charge on any atom is -0.393 e. The molecule has 0 spiro atoms. The van der Waals surface area contributed by atoms with Crippen LogP contribution in [0.2, 0.25) is 0 Å². The van der Waals surface area contributed by atoms with E-state index in [0.717, 1.165) is 19.0 Å². The highest BCUT2D eigenvalue weighted by Crippen LogP contribution is 2.17. The highest BCUT2D eigenvalue weighted by atomic mass is 16.3. The summed E-state index contributed by atoms with van der Waals surface area (Å²) >= 11 is 0. The van der Waals surface area contributed by atoms with Gasteiger partial charge in [-0.2, -0.15) is 0 Å². The molecule has 0 aromatic carbocycles. The first-order chi connectivity index (χ1) is 5.29. The van der Waals surface area contributed by atoms with E-state index in [0.29, 0.717) is 0 Å². The molecule has 1 aliphatic rings. The minimum atomic E-state index is -0.149. The van der Waals surface area contributed by atoms with Gasteiger partial charge in [-0.25, -0.2) is 0 Å². The topological polar surface area (TPSA) is 32.3 Å². The average molecular weight is 157 g/mol. The molecule has 1 saturated carbocycles. The molecule has 0 saturated heterocycles. The quantitative estimate of drug-likeness (QED) is 0.644. The standard InChI is InChI=1S/C9H19NO/c1-8(11)6-7-10-9-4-2-3-5-9/h8-11H,2-7H2,1H3/t8-/m0/s1. The van der Waals surface area contributed by atoms with Crippen LogP contribution in [-0.4, -0.2) is 23.8 Å². The molecule has 2 heteroatoms. The lowest BCUT2D eigenvalue weighted by molar-refractivity contribution is 0.182. The van der Waals surface area contributed by atoms with Crippen LogP contribution < -0.4 is 5.32 Å². The molecule has 0 aromatic heterocycles. The highest BCUT2D eigenvalue weighted by molar-refractivity contribution is 4.73. The maximum atomic E-state index is 8.99. The summed E-state index contributed by atoms with van der Waals surface area (Å²) in [6.45, 7) is 2.82. The van der Waals surface area contributed by atoms with Gasteiger partial charge in [0.1, 0.15) is 0 Å². The van der Waals surface area contributed by atoms with Crippen molar-refractivity contribution < 1.29 is 5.11 Å². The van der Waals surface area contributed by atoms with Crippen molar-refractivity contribution in [3.05, 3.63) is 0 Å². The van der Waals surface area contributed by atoms with Gasteiger partial charge in [0.05, 0.1) is 6.10 Å². The summed E-state index contributed by atoms with van der Waals surface area (Å²) in [7, 11) is 0. The molecule has 0 aliphatic heterocycles. The van der Waals surface area contributed by atoms with Crippen molar-refractivity contribution in [2.75, 3.05) is 6.54 Å². The van der Waals surface area contributed by atoms with Gasteiger partial charge in [-0.1, -0.05) is 12.8 Å². The number of aliphatic hydroxyl groups is 1. The number of aliphatic hydroxyl groups excluding tert-OH is 1. The van der Waals surface area contributed by atoms with Crippen LogP contribution in [0.1, 0.15) is 39.0 Å². The molecule has 1 aliphatic carbocycles. The smallest absolute Gasteiger partial charge is 0.0524 e. The number of hydrogen-bond acceptors (Lipinski definition) is 2. The molecule has 0 radical (unpaired) electrons. The fourth-order valence-corrected chi connectivity index (χ4v) is 1.63. The fourth-order valence-electron chi connectivity index (χ4n) is 1.63. The van der Waals surface area contributed by atoms with Gasteiger partial charge in [0.25, 0.3) is 0 Å². The Labute approximate surface area is 69.0 Å². The highest BCUT2D eigenvalue weighted by Gasteiger charge is 2.13. The zero-order valence-electron chi connectivity index (χ0n) is 7.34. The lowest BCUT2D eigenvalue weighted by atomic mass is 10.2. The van der Waals surface area contributed by atoms with E-state index < -0.39 is 0 Å². The van der Waals surface area contributed by atoms with Crippen LogP contribution in [0.5, 0.6) is 0 Å². The molecule has 0 amide bonds. The minimum absolute atomic E-state index is 0.149. The monoisotopic (exact) mass is 157 g/mol. The maximum absolute atomic E-state index is 8.99. The Kier molecular flexibility index (Phi) is 3.87. The van der Waals surface area contributed by atoms with Crippen LogP contribution in [0.15, 0.2) is 0 Å². The Morgan fingerprint density at radius 1 is 1.45 bits per heavy atom. The van der Waals surface area contributed by atoms with E-state index in [1.807, 2.05) is 6.92 Å². The predicted octanol–water partition coefficient (Wildman–Crippen LogP) is 1.29. The van der Waals surface area contributed by atoms with Crippen molar-refractivity contribution in [3.63, 3.8) is 0 Å². The second kappa shape index (κ2) is 4.73. The van der Waals surface area contributed by atoms with Crippen molar-refractivity contribution in [1.29, 1.82) is 0 Å². The summed E-state index contributed by atoms with van der Waals surface area (Å²) in [5, 5.41) is 12.4. The molecule has 1 fully saturated rings. The van der Waals surface area contributed by atoms with Gasteiger partial charge < -0.3 is 10.4 Å². The number of rotatable bonds is 4. The Balaban J connectivity index is 1.94. The van der Waals surface area contributed by atoms with E-state index in [4.69, 9.17) is 5.11 Å². The molecule has 0 heterocycles. The predicted molar refractivity (Wildman–Crippen MR) is 46.6 cm³/mol. The van der Waals surface area contributed by atoms with E-state index in [9.17, 15) is 0 Å². The first kappa shape index (κ1) is 9.01. The van der Waals surface area contributed by atoms with Gasteiger partial charge >= 0.3 is 0 Å². The Hall–Kier alpha value is -0.0800. The third-order valence-corrected chi connectivity index (χ3v) is 2.35. The molecular weight excluding hydrogens is 138 g/mol. The van der Waals surface area contributed by atoms with E-state index in [1.54, 1.807) is 0 Å². The SMILES string of the molecule is C[C@H](O)CCNC1CCCC1. The molecule has 2 N–H and O–H groups in total. The van der Waals surface area contributed by atoms with Crippen molar-refractivity contribution in [2.24, 2.45) is 0 Å². The summed E-state index contributed by atoms with van der Waals surface area (Å²) in [6, 6.07) is 0.744. The van der Waals surface area contributed by atoms with Crippen LogP contribution >= 0.6 is 0 Å². The molecule has 11 heavy (non-hydrogen) atoms. The summed E-state index contributed by atoms with van der Waals surface area (Å²) in [4.78, 5) is 0. The van der Waals surface area contributed by atoms with E-state index in [-0.39, 0.29) is 6.10 Å². The normalized spacial score (nSPS) is 22.4. The zero-order chi connectivity index (χ0) is 8.10. The Morgan fingerprint density at radius 3 is 2.64 bits per heavy atom. The van der Waals surface area contributed by atoms with Crippen LogP contribution in [0.3, 0.4) is 0 Å². The lowest BCUT2D eigenvalue weighted by Gasteiger charge is -2.11. The molecule has 0 bridgehead atoms. The fraction of sp³-hybridized carbons (Fsp3) is 1.00. The third-order valence-electron chi connectivity index (χ3n) is 2.35. The van der Waals surface area contributed by atoms with Crippen molar-refractivity contribution in [3.8, 4) is 0 Å². The third kappa shape index (κ3) is 3.73.